The number of amides is 2. The lowest BCUT2D eigenvalue weighted by Crippen LogP contribution is -2.48. The number of nitrogens with zero attached hydrogens (tertiary/aromatic N) is 5. The molecule has 1 atom stereocenters. The van der Waals surface area contributed by atoms with E-state index < -0.39 is 11.7 Å². The second-order valence-electron chi connectivity index (χ2n) is 10.6. The zero-order valence-corrected chi connectivity index (χ0v) is 24.7. The Morgan fingerprint density at radius 3 is 2.64 bits per heavy atom. The van der Waals surface area contributed by atoms with Crippen molar-refractivity contribution < 1.29 is 19.1 Å². The molecular weight excluding hydrogens is 559 g/mol. The highest BCUT2D eigenvalue weighted by Crippen LogP contribution is 2.42. The van der Waals surface area contributed by atoms with Gasteiger partial charge in [0.05, 0.1) is 5.76 Å². The van der Waals surface area contributed by atoms with Crippen LogP contribution in [0.1, 0.15) is 36.0 Å². The number of hydrogen-bond donors (Lipinski definition) is 2. The maximum Gasteiger partial charge on any atom is 0.246 e. The molecule has 1 saturated heterocycles. The van der Waals surface area contributed by atoms with E-state index in [1.807, 2.05) is 29.2 Å². The maximum absolute atomic E-state index is 16.6. The van der Waals surface area contributed by atoms with E-state index in [0.717, 1.165) is 11.1 Å². The molecule has 2 aromatic carbocycles. The van der Waals surface area contributed by atoms with Gasteiger partial charge in [0.25, 0.3) is 0 Å². The van der Waals surface area contributed by atoms with Crippen molar-refractivity contribution in [3.05, 3.63) is 81.8 Å². The Morgan fingerprint density at radius 2 is 1.93 bits per heavy atom. The number of benzene rings is 2. The van der Waals surface area contributed by atoms with E-state index in [0.29, 0.717) is 43.8 Å². The van der Waals surface area contributed by atoms with Gasteiger partial charge in [-0.1, -0.05) is 41.9 Å². The van der Waals surface area contributed by atoms with Crippen LogP contribution in [0.25, 0.3) is 10.9 Å². The van der Waals surface area contributed by atoms with Crippen molar-refractivity contribution in [3.8, 4) is 0 Å². The van der Waals surface area contributed by atoms with Gasteiger partial charge in [-0.3, -0.25) is 9.59 Å². The van der Waals surface area contributed by atoms with Crippen LogP contribution in [0.4, 0.5) is 16.2 Å². The number of aliphatic hydroxyl groups is 1. The third-order valence-electron chi connectivity index (χ3n) is 7.65. The highest BCUT2D eigenvalue weighted by molar-refractivity contribution is 6.32. The molecule has 0 radical (unpaired) electrons. The van der Waals surface area contributed by atoms with Crippen LogP contribution >= 0.6 is 11.6 Å². The van der Waals surface area contributed by atoms with Gasteiger partial charge in [0.1, 0.15) is 11.3 Å². The first kappa shape index (κ1) is 29.3. The summed E-state index contributed by atoms with van der Waals surface area (Å²) in [4.78, 5) is 39.0. The molecule has 1 aromatic heterocycles. The molecule has 2 aliphatic rings. The van der Waals surface area contributed by atoms with Gasteiger partial charge < -0.3 is 25.1 Å². The predicted molar refractivity (Wildman–Crippen MR) is 163 cm³/mol. The number of nitrogens with one attached hydrogen (secondary N) is 1. The Balaban J connectivity index is 1.57. The molecule has 1 aliphatic carbocycles. The lowest BCUT2D eigenvalue weighted by Gasteiger charge is -2.35. The molecule has 2 N–H and O–H groups in total. The quantitative estimate of drug-likeness (QED) is 0.385. The minimum Gasteiger partial charge on any atom is -0.512 e. The van der Waals surface area contributed by atoms with E-state index in [2.05, 4.69) is 10.3 Å². The summed E-state index contributed by atoms with van der Waals surface area (Å²) in [5.41, 5.74) is 2.08. The Bertz CT molecular complexity index is 1580. The number of aromatic nitrogens is 2. The lowest BCUT2D eigenvalue weighted by molar-refractivity contribution is -0.128. The first-order valence-electron chi connectivity index (χ1n) is 14.0. The minimum absolute atomic E-state index is 0.0552. The molecule has 0 spiro atoms. The Morgan fingerprint density at radius 1 is 1.19 bits per heavy atom. The fraction of sp³-hybridized carbons (Fsp3) is 0.355. The number of hydrogen-bond acceptors (Lipinski definition) is 7. The number of rotatable bonds is 7. The van der Waals surface area contributed by atoms with E-state index in [4.69, 9.17) is 16.6 Å². The summed E-state index contributed by atoms with van der Waals surface area (Å²) in [5.74, 6) is -0.480. The molecule has 2 amide bonds. The number of anilines is 2. The topological polar surface area (TPSA) is 102 Å². The molecule has 0 bridgehead atoms. The average molecular weight is 593 g/mol. The van der Waals surface area contributed by atoms with E-state index in [1.165, 1.54) is 4.90 Å². The highest BCUT2D eigenvalue weighted by Gasteiger charge is 2.30. The Labute approximate surface area is 249 Å². The SMILES string of the molecule is C/C=C/C(=O)N1CCN(c2nc(NCCC(=O)N(C)C)nc3c(F)c(C4C=C(O)Cc5ccccc54)c(Cl)cc23)CC1. The monoisotopic (exact) mass is 592 g/mol. The van der Waals surface area contributed by atoms with Crippen LogP contribution < -0.4 is 10.2 Å². The number of allylic oxidation sites excluding steroid dienone is 3. The molecule has 11 heteroatoms. The third-order valence-corrected chi connectivity index (χ3v) is 7.96. The fourth-order valence-electron chi connectivity index (χ4n) is 5.46. The summed E-state index contributed by atoms with van der Waals surface area (Å²) < 4.78 is 16.6. The lowest BCUT2D eigenvalue weighted by atomic mass is 9.82. The fourth-order valence-corrected chi connectivity index (χ4v) is 5.77. The second kappa shape index (κ2) is 12.4. The minimum atomic E-state index is -0.597. The number of carbonyl (C=O) groups excluding carboxylic acids is 2. The molecular formula is C31H34ClFN6O3. The highest BCUT2D eigenvalue weighted by atomic mass is 35.5. The Kier molecular flexibility index (Phi) is 8.63. The molecule has 3 aromatic rings. The largest absolute Gasteiger partial charge is 0.512 e. The molecule has 220 valence electrons. The van der Waals surface area contributed by atoms with Crippen LogP contribution in [0.15, 0.2) is 54.3 Å². The van der Waals surface area contributed by atoms with Gasteiger partial charge in [0, 0.05) is 81.6 Å². The summed E-state index contributed by atoms with van der Waals surface area (Å²) in [5, 5.41) is 14.2. The standard InChI is InChI=1S/C31H34ClFN6O3/c1-4-7-26(42)38-12-14-39(15-13-38)30-23-18-24(32)27(22-17-20(40)16-19-8-5-6-9-21(19)22)28(33)29(23)35-31(36-30)34-11-10-25(41)37(2)3/h4-9,17-18,22,40H,10-16H2,1-3H3,(H,34,35,36)/b7-4+. The molecule has 0 saturated carbocycles. The summed E-state index contributed by atoms with van der Waals surface area (Å²) in [6.07, 6.45) is 5.47. The smallest absolute Gasteiger partial charge is 0.246 e. The molecule has 1 aliphatic heterocycles. The average Bonchev–Trinajstić information content (AvgIpc) is 2.97. The third kappa shape index (κ3) is 5.90. The summed E-state index contributed by atoms with van der Waals surface area (Å²) in [7, 11) is 3.37. The predicted octanol–water partition coefficient (Wildman–Crippen LogP) is 4.67. The number of fused-ring (bicyclic) bond motifs is 2. The van der Waals surface area contributed by atoms with Crippen molar-refractivity contribution in [2.45, 2.75) is 25.7 Å². The van der Waals surface area contributed by atoms with Crippen molar-refractivity contribution in [3.63, 3.8) is 0 Å². The van der Waals surface area contributed by atoms with Crippen LogP contribution in [0.5, 0.6) is 0 Å². The van der Waals surface area contributed by atoms with E-state index >= 15 is 4.39 Å². The van der Waals surface area contributed by atoms with Gasteiger partial charge in [-0.25, -0.2) is 9.37 Å². The number of carbonyl (C=O) groups is 2. The zero-order valence-electron chi connectivity index (χ0n) is 23.9. The van der Waals surface area contributed by atoms with Crippen LogP contribution in [-0.4, -0.2) is 83.5 Å². The van der Waals surface area contributed by atoms with Crippen molar-refractivity contribution in [1.82, 2.24) is 19.8 Å². The molecule has 1 fully saturated rings. The second-order valence-corrected chi connectivity index (χ2v) is 11.0. The normalized spacial score (nSPS) is 16.9. The van der Waals surface area contributed by atoms with Crippen LogP contribution in [0.2, 0.25) is 5.02 Å². The first-order chi connectivity index (χ1) is 20.2. The summed E-state index contributed by atoms with van der Waals surface area (Å²) in [6, 6.07) is 9.28. The Hall–Kier alpha value is -4.18. The van der Waals surface area contributed by atoms with Crippen molar-refractivity contribution in [2.75, 3.05) is 57.0 Å². The van der Waals surface area contributed by atoms with Crippen LogP contribution in [-0.2, 0) is 16.0 Å². The summed E-state index contributed by atoms with van der Waals surface area (Å²) in [6.45, 7) is 4.00. The molecule has 5 rings (SSSR count). The molecule has 42 heavy (non-hydrogen) atoms. The van der Waals surface area contributed by atoms with Crippen molar-refractivity contribution in [2.24, 2.45) is 0 Å². The van der Waals surface area contributed by atoms with Gasteiger partial charge in [-0.05, 0) is 36.3 Å². The first-order valence-corrected chi connectivity index (χ1v) is 14.3. The molecule has 2 heterocycles. The van der Waals surface area contributed by atoms with Gasteiger partial charge in [-0.2, -0.15) is 4.98 Å². The van der Waals surface area contributed by atoms with E-state index in [1.54, 1.807) is 50.2 Å². The number of aliphatic hydroxyl groups excluding tert-OH is 1. The number of piperazine rings is 1. The van der Waals surface area contributed by atoms with Crippen molar-refractivity contribution >= 4 is 46.1 Å². The van der Waals surface area contributed by atoms with Crippen LogP contribution in [0, 0.1) is 5.82 Å². The zero-order chi connectivity index (χ0) is 30.0. The van der Waals surface area contributed by atoms with Crippen molar-refractivity contribution in [1.29, 1.82) is 0 Å². The summed E-state index contributed by atoms with van der Waals surface area (Å²) >= 11 is 6.81. The molecule has 1 unspecified atom stereocenters. The van der Waals surface area contributed by atoms with E-state index in [9.17, 15) is 14.7 Å². The van der Waals surface area contributed by atoms with Gasteiger partial charge in [0.15, 0.2) is 5.82 Å². The maximum atomic E-state index is 16.6. The van der Waals surface area contributed by atoms with E-state index in [-0.39, 0.29) is 52.6 Å². The molecule has 9 nitrogen and oxygen atoms in total. The van der Waals surface area contributed by atoms with Gasteiger partial charge in [0.2, 0.25) is 17.8 Å². The van der Waals surface area contributed by atoms with Gasteiger partial charge >= 0.3 is 0 Å². The van der Waals surface area contributed by atoms with Crippen LogP contribution in [0.3, 0.4) is 0 Å². The van der Waals surface area contributed by atoms with Gasteiger partial charge in [-0.15, -0.1) is 0 Å². The number of halogens is 2.